The van der Waals surface area contributed by atoms with E-state index in [1.165, 1.54) is 7.11 Å². The molecule has 2 atom stereocenters. The van der Waals surface area contributed by atoms with Crippen LogP contribution >= 0.6 is 0 Å². The van der Waals surface area contributed by atoms with Crippen molar-refractivity contribution in [2.75, 3.05) is 13.7 Å². The second kappa shape index (κ2) is 4.45. The first-order valence-electron chi connectivity index (χ1n) is 4.59. The first-order chi connectivity index (χ1) is 5.77. The maximum Gasteiger partial charge on any atom is 0.308 e. The molecule has 0 spiro atoms. The number of hydrogen-bond donors (Lipinski definition) is 1. The van der Waals surface area contributed by atoms with Crippen LogP contribution in [0.4, 0.5) is 0 Å². The molecule has 1 aliphatic heterocycles. The molecule has 0 aromatic rings. The second-order valence-electron chi connectivity index (χ2n) is 3.30. The van der Waals surface area contributed by atoms with Gasteiger partial charge in [0, 0.05) is 6.04 Å². The molecule has 2 unspecified atom stereocenters. The Balaban J connectivity index is 2.40. The van der Waals surface area contributed by atoms with Gasteiger partial charge in [-0.1, -0.05) is 6.92 Å². The van der Waals surface area contributed by atoms with Gasteiger partial charge in [0.25, 0.3) is 0 Å². The van der Waals surface area contributed by atoms with Crippen LogP contribution in [-0.2, 0) is 9.53 Å². The number of rotatable bonds is 2. The highest BCUT2D eigenvalue weighted by Crippen LogP contribution is 2.18. The normalized spacial score (nSPS) is 29.8. The molecule has 3 heteroatoms. The monoisotopic (exact) mass is 171 g/mol. The molecule has 0 saturated carbocycles. The Hall–Kier alpha value is -0.570. The van der Waals surface area contributed by atoms with Crippen molar-refractivity contribution in [3.8, 4) is 0 Å². The molecule has 1 saturated heterocycles. The molecule has 70 valence electrons. The molecule has 1 fully saturated rings. The predicted octanol–water partition coefficient (Wildman–Crippen LogP) is 0.938. The van der Waals surface area contributed by atoms with E-state index in [-0.39, 0.29) is 11.9 Å². The molecule has 0 radical (unpaired) electrons. The van der Waals surface area contributed by atoms with Gasteiger partial charge in [0.1, 0.15) is 0 Å². The van der Waals surface area contributed by atoms with Crippen LogP contribution in [0.1, 0.15) is 26.2 Å². The lowest BCUT2D eigenvalue weighted by molar-refractivity contribution is -0.146. The van der Waals surface area contributed by atoms with Crippen LogP contribution in [0.3, 0.4) is 0 Å². The van der Waals surface area contributed by atoms with Gasteiger partial charge >= 0.3 is 5.97 Å². The molecule has 0 aromatic heterocycles. The number of piperidine rings is 1. The molecule has 0 aromatic carbocycles. The maximum atomic E-state index is 11.2. The van der Waals surface area contributed by atoms with Crippen LogP contribution < -0.4 is 5.32 Å². The van der Waals surface area contributed by atoms with Gasteiger partial charge in [0.15, 0.2) is 0 Å². The van der Waals surface area contributed by atoms with Crippen LogP contribution in [0.15, 0.2) is 0 Å². The van der Waals surface area contributed by atoms with Gasteiger partial charge in [-0.15, -0.1) is 0 Å². The highest BCUT2D eigenvalue weighted by molar-refractivity contribution is 5.72. The number of ether oxygens (including phenoxy) is 1. The van der Waals surface area contributed by atoms with E-state index in [4.69, 9.17) is 4.74 Å². The predicted molar refractivity (Wildman–Crippen MR) is 46.8 cm³/mol. The van der Waals surface area contributed by atoms with Gasteiger partial charge in [0.05, 0.1) is 13.0 Å². The summed E-state index contributed by atoms with van der Waals surface area (Å²) in [5, 5.41) is 3.37. The van der Waals surface area contributed by atoms with Crippen LogP contribution in [0.25, 0.3) is 0 Å². The zero-order valence-electron chi connectivity index (χ0n) is 7.80. The number of methoxy groups -OCH3 is 1. The Morgan fingerprint density at radius 3 is 3.00 bits per heavy atom. The largest absolute Gasteiger partial charge is 0.469 e. The Morgan fingerprint density at radius 2 is 2.42 bits per heavy atom. The van der Waals surface area contributed by atoms with Crippen molar-refractivity contribution in [1.82, 2.24) is 5.32 Å². The molecule has 3 nitrogen and oxygen atoms in total. The molecular weight excluding hydrogens is 154 g/mol. The summed E-state index contributed by atoms with van der Waals surface area (Å²) in [5.74, 6) is 0.0798. The van der Waals surface area contributed by atoms with E-state index in [2.05, 4.69) is 12.2 Å². The first kappa shape index (κ1) is 9.52. The van der Waals surface area contributed by atoms with Crippen molar-refractivity contribution >= 4 is 5.97 Å². The van der Waals surface area contributed by atoms with E-state index in [0.29, 0.717) is 6.04 Å². The Labute approximate surface area is 73.5 Å². The van der Waals surface area contributed by atoms with Crippen LogP contribution in [0.5, 0.6) is 0 Å². The van der Waals surface area contributed by atoms with Gasteiger partial charge in [0.2, 0.25) is 0 Å². The van der Waals surface area contributed by atoms with Crippen molar-refractivity contribution < 1.29 is 9.53 Å². The minimum Gasteiger partial charge on any atom is -0.469 e. The average Bonchev–Trinajstić information content (AvgIpc) is 2.17. The molecular formula is C9H17NO2. The number of esters is 1. The molecule has 12 heavy (non-hydrogen) atoms. The fourth-order valence-electron chi connectivity index (χ4n) is 1.70. The van der Waals surface area contributed by atoms with E-state index in [9.17, 15) is 4.79 Å². The Kier molecular flexibility index (Phi) is 3.53. The number of nitrogens with one attached hydrogen (secondary N) is 1. The third kappa shape index (κ3) is 2.21. The van der Waals surface area contributed by atoms with Crippen molar-refractivity contribution in [2.24, 2.45) is 5.92 Å². The lowest BCUT2D eigenvalue weighted by atomic mass is 9.91. The zero-order valence-corrected chi connectivity index (χ0v) is 7.80. The smallest absolute Gasteiger partial charge is 0.308 e. The van der Waals surface area contributed by atoms with E-state index in [0.717, 1.165) is 25.8 Å². The van der Waals surface area contributed by atoms with Crippen molar-refractivity contribution in [2.45, 2.75) is 32.2 Å². The van der Waals surface area contributed by atoms with Crippen LogP contribution in [-0.4, -0.2) is 25.7 Å². The van der Waals surface area contributed by atoms with E-state index in [1.54, 1.807) is 0 Å². The molecule has 0 amide bonds. The van der Waals surface area contributed by atoms with Gasteiger partial charge < -0.3 is 10.1 Å². The van der Waals surface area contributed by atoms with Crippen LogP contribution in [0, 0.1) is 5.92 Å². The quantitative estimate of drug-likeness (QED) is 0.628. The van der Waals surface area contributed by atoms with Gasteiger partial charge in [-0.25, -0.2) is 0 Å². The lowest BCUT2D eigenvalue weighted by Gasteiger charge is -2.27. The summed E-state index contributed by atoms with van der Waals surface area (Å²) < 4.78 is 4.72. The van der Waals surface area contributed by atoms with Gasteiger partial charge in [-0.3, -0.25) is 4.79 Å². The number of hydrogen-bond acceptors (Lipinski definition) is 3. The maximum absolute atomic E-state index is 11.2. The summed E-state index contributed by atoms with van der Waals surface area (Å²) in [5.41, 5.74) is 0. The highest BCUT2D eigenvalue weighted by atomic mass is 16.5. The average molecular weight is 171 g/mol. The summed E-state index contributed by atoms with van der Waals surface area (Å²) in [6.45, 7) is 3.08. The van der Waals surface area contributed by atoms with Crippen LogP contribution in [0.2, 0.25) is 0 Å². The minimum atomic E-state index is -0.0463. The number of carbonyl (C=O) groups is 1. The molecule has 1 N–H and O–H groups in total. The third-order valence-electron chi connectivity index (χ3n) is 2.52. The highest BCUT2D eigenvalue weighted by Gasteiger charge is 2.26. The Morgan fingerprint density at radius 1 is 1.67 bits per heavy atom. The molecule has 1 heterocycles. The molecule has 1 aliphatic rings. The fourth-order valence-corrected chi connectivity index (χ4v) is 1.70. The fraction of sp³-hybridized carbons (Fsp3) is 0.889. The number of carbonyl (C=O) groups excluding carboxylic acids is 1. The summed E-state index contributed by atoms with van der Waals surface area (Å²) in [6, 6.07) is 0.503. The summed E-state index contributed by atoms with van der Waals surface area (Å²) in [7, 11) is 1.46. The van der Waals surface area contributed by atoms with Crippen molar-refractivity contribution in [1.29, 1.82) is 0 Å². The summed E-state index contributed by atoms with van der Waals surface area (Å²) >= 11 is 0. The molecule has 0 bridgehead atoms. The zero-order chi connectivity index (χ0) is 8.97. The SMILES string of the molecule is CCC1CC(C(=O)OC)CCN1. The topological polar surface area (TPSA) is 38.3 Å². The van der Waals surface area contributed by atoms with Crippen molar-refractivity contribution in [3.63, 3.8) is 0 Å². The molecule has 0 aliphatic carbocycles. The van der Waals surface area contributed by atoms with E-state index >= 15 is 0 Å². The van der Waals surface area contributed by atoms with Gasteiger partial charge in [-0.05, 0) is 25.8 Å². The molecule has 1 rings (SSSR count). The third-order valence-corrected chi connectivity index (χ3v) is 2.52. The van der Waals surface area contributed by atoms with E-state index < -0.39 is 0 Å². The van der Waals surface area contributed by atoms with Crippen molar-refractivity contribution in [3.05, 3.63) is 0 Å². The summed E-state index contributed by atoms with van der Waals surface area (Å²) in [6.07, 6.45) is 2.94. The summed E-state index contributed by atoms with van der Waals surface area (Å²) in [4.78, 5) is 11.2. The Bertz CT molecular complexity index is 159. The van der Waals surface area contributed by atoms with E-state index in [1.807, 2.05) is 0 Å². The minimum absolute atomic E-state index is 0.0463. The standard InChI is InChI=1S/C9H17NO2/c1-3-8-6-7(4-5-10-8)9(11)12-2/h7-8,10H,3-6H2,1-2H3. The van der Waals surface area contributed by atoms with Gasteiger partial charge in [-0.2, -0.15) is 0 Å². The lowest BCUT2D eigenvalue weighted by Crippen LogP contribution is -2.40. The first-order valence-corrected chi connectivity index (χ1v) is 4.59. The second-order valence-corrected chi connectivity index (χ2v) is 3.30.